The second kappa shape index (κ2) is 7.41. The number of amides is 1. The van der Waals surface area contributed by atoms with E-state index in [1.54, 1.807) is 14.0 Å². The zero-order valence-electron chi connectivity index (χ0n) is 11.2. The zero-order valence-corrected chi connectivity index (χ0v) is 11.2. The number of carboxylic acid groups (broad SMARTS) is 1. The van der Waals surface area contributed by atoms with Crippen molar-refractivity contribution >= 4 is 11.9 Å². The van der Waals surface area contributed by atoms with E-state index >= 15 is 0 Å². The number of carbonyl (C=O) groups excluding carboxylic acids is 1. The van der Waals surface area contributed by atoms with Crippen LogP contribution in [0.15, 0.2) is 24.3 Å². The molecule has 1 amide bonds. The summed E-state index contributed by atoms with van der Waals surface area (Å²) in [5.41, 5.74) is 0.943. The maximum absolute atomic E-state index is 11.6. The van der Waals surface area contributed by atoms with Crippen molar-refractivity contribution in [1.29, 1.82) is 0 Å². The van der Waals surface area contributed by atoms with Crippen molar-refractivity contribution in [3.63, 3.8) is 0 Å². The maximum Gasteiger partial charge on any atom is 0.303 e. The van der Waals surface area contributed by atoms with E-state index in [0.717, 1.165) is 11.3 Å². The van der Waals surface area contributed by atoms with Crippen molar-refractivity contribution < 1.29 is 19.4 Å². The summed E-state index contributed by atoms with van der Waals surface area (Å²) in [4.78, 5) is 22.1. The van der Waals surface area contributed by atoms with Gasteiger partial charge in [0.05, 0.1) is 7.11 Å². The normalized spacial score (nSPS) is 11.7. The number of rotatable bonds is 7. The molecule has 1 rings (SSSR count). The fourth-order valence-corrected chi connectivity index (χ4v) is 1.74. The monoisotopic (exact) mass is 265 g/mol. The van der Waals surface area contributed by atoms with Gasteiger partial charge in [-0.3, -0.25) is 9.59 Å². The van der Waals surface area contributed by atoms with Crippen molar-refractivity contribution in [2.45, 2.75) is 26.3 Å². The first-order valence-corrected chi connectivity index (χ1v) is 6.12. The molecule has 104 valence electrons. The van der Waals surface area contributed by atoms with Crippen LogP contribution in [0.1, 0.15) is 25.3 Å². The molecule has 0 bridgehead atoms. The highest BCUT2D eigenvalue weighted by atomic mass is 16.5. The van der Waals surface area contributed by atoms with E-state index in [0.29, 0.717) is 6.54 Å². The van der Waals surface area contributed by atoms with Gasteiger partial charge in [-0.2, -0.15) is 0 Å². The number of ether oxygens (including phenoxy) is 1. The average Bonchev–Trinajstić information content (AvgIpc) is 2.35. The Bertz CT molecular complexity index is 445. The van der Waals surface area contributed by atoms with Crippen molar-refractivity contribution in [2.24, 2.45) is 5.92 Å². The molecule has 2 N–H and O–H groups in total. The van der Waals surface area contributed by atoms with E-state index < -0.39 is 5.97 Å². The molecule has 0 unspecified atom stereocenters. The molecule has 0 saturated heterocycles. The smallest absolute Gasteiger partial charge is 0.303 e. The Labute approximate surface area is 112 Å². The average molecular weight is 265 g/mol. The van der Waals surface area contributed by atoms with Gasteiger partial charge in [0.1, 0.15) is 5.75 Å². The predicted molar refractivity (Wildman–Crippen MR) is 70.9 cm³/mol. The Morgan fingerprint density at radius 1 is 1.37 bits per heavy atom. The van der Waals surface area contributed by atoms with Crippen LogP contribution in [0.3, 0.4) is 0 Å². The Morgan fingerprint density at radius 3 is 2.74 bits per heavy atom. The fourth-order valence-electron chi connectivity index (χ4n) is 1.74. The first kappa shape index (κ1) is 15.0. The second-order valence-electron chi connectivity index (χ2n) is 4.54. The molecule has 0 aliphatic rings. The van der Waals surface area contributed by atoms with Gasteiger partial charge >= 0.3 is 5.97 Å². The molecule has 5 nitrogen and oxygen atoms in total. The van der Waals surface area contributed by atoms with E-state index in [2.05, 4.69) is 5.32 Å². The molecule has 5 heteroatoms. The van der Waals surface area contributed by atoms with Gasteiger partial charge in [0, 0.05) is 19.4 Å². The summed E-state index contributed by atoms with van der Waals surface area (Å²) in [5, 5.41) is 11.4. The summed E-state index contributed by atoms with van der Waals surface area (Å²) >= 11 is 0. The van der Waals surface area contributed by atoms with Crippen LogP contribution >= 0.6 is 0 Å². The lowest BCUT2D eigenvalue weighted by atomic mass is 10.0. The number of hydrogen-bond donors (Lipinski definition) is 2. The minimum Gasteiger partial charge on any atom is -0.497 e. The van der Waals surface area contributed by atoms with Crippen LogP contribution < -0.4 is 10.1 Å². The molecule has 0 spiro atoms. The number of nitrogens with one attached hydrogen (secondary N) is 1. The van der Waals surface area contributed by atoms with E-state index in [-0.39, 0.29) is 24.7 Å². The van der Waals surface area contributed by atoms with Gasteiger partial charge in [-0.25, -0.2) is 0 Å². The van der Waals surface area contributed by atoms with E-state index in [1.807, 2.05) is 24.3 Å². The predicted octanol–water partition coefficient (Wildman–Crippen LogP) is 1.81. The van der Waals surface area contributed by atoms with Crippen molar-refractivity contribution in [3.8, 4) is 5.75 Å². The zero-order chi connectivity index (χ0) is 14.3. The SMILES string of the molecule is COc1cccc(CNC(=O)C[C@@H](C)CC(=O)O)c1. The number of hydrogen-bond acceptors (Lipinski definition) is 3. The van der Waals surface area contributed by atoms with Crippen LogP contribution in [-0.2, 0) is 16.1 Å². The molecule has 0 saturated carbocycles. The van der Waals surface area contributed by atoms with Crippen molar-refractivity contribution in [3.05, 3.63) is 29.8 Å². The summed E-state index contributed by atoms with van der Waals surface area (Å²) < 4.78 is 5.09. The van der Waals surface area contributed by atoms with Crippen LogP contribution in [0, 0.1) is 5.92 Å². The Balaban J connectivity index is 2.39. The molecule has 0 aromatic heterocycles. The highest BCUT2D eigenvalue weighted by molar-refractivity contribution is 5.77. The summed E-state index contributed by atoms with van der Waals surface area (Å²) in [7, 11) is 1.59. The quantitative estimate of drug-likeness (QED) is 0.788. The first-order chi connectivity index (χ1) is 9.01. The molecule has 1 atom stereocenters. The molecule has 0 aliphatic carbocycles. The van der Waals surface area contributed by atoms with Gasteiger partial charge in [-0.1, -0.05) is 19.1 Å². The van der Waals surface area contributed by atoms with Crippen molar-refractivity contribution in [1.82, 2.24) is 5.32 Å². The molecular weight excluding hydrogens is 246 g/mol. The largest absolute Gasteiger partial charge is 0.497 e. The van der Waals surface area contributed by atoms with Gasteiger partial charge in [0.15, 0.2) is 0 Å². The van der Waals surface area contributed by atoms with Crippen LogP contribution in [0.25, 0.3) is 0 Å². The molecule has 19 heavy (non-hydrogen) atoms. The summed E-state index contributed by atoms with van der Waals surface area (Å²) in [6.45, 7) is 2.16. The lowest BCUT2D eigenvalue weighted by Crippen LogP contribution is -2.25. The van der Waals surface area contributed by atoms with Crippen LogP contribution in [0.4, 0.5) is 0 Å². The van der Waals surface area contributed by atoms with E-state index in [9.17, 15) is 9.59 Å². The first-order valence-electron chi connectivity index (χ1n) is 6.12. The van der Waals surface area contributed by atoms with Gasteiger partial charge in [-0.15, -0.1) is 0 Å². The number of methoxy groups -OCH3 is 1. The lowest BCUT2D eigenvalue weighted by molar-refractivity contribution is -0.138. The number of carbonyl (C=O) groups is 2. The maximum atomic E-state index is 11.6. The molecule has 0 fully saturated rings. The van der Waals surface area contributed by atoms with Gasteiger partial charge in [0.2, 0.25) is 5.91 Å². The minimum atomic E-state index is -0.881. The Kier molecular flexibility index (Phi) is 5.85. The topological polar surface area (TPSA) is 75.6 Å². The highest BCUT2D eigenvalue weighted by Crippen LogP contribution is 2.12. The number of benzene rings is 1. The molecular formula is C14H19NO4. The van der Waals surface area contributed by atoms with Gasteiger partial charge in [0.25, 0.3) is 0 Å². The van der Waals surface area contributed by atoms with Crippen LogP contribution in [-0.4, -0.2) is 24.1 Å². The van der Waals surface area contributed by atoms with E-state index in [4.69, 9.17) is 9.84 Å². The fraction of sp³-hybridized carbons (Fsp3) is 0.429. The molecule has 0 radical (unpaired) electrons. The van der Waals surface area contributed by atoms with E-state index in [1.165, 1.54) is 0 Å². The van der Waals surface area contributed by atoms with Crippen LogP contribution in [0.5, 0.6) is 5.75 Å². The summed E-state index contributed by atoms with van der Waals surface area (Å²) in [6.07, 6.45) is 0.225. The van der Waals surface area contributed by atoms with Gasteiger partial charge < -0.3 is 15.2 Å². The van der Waals surface area contributed by atoms with Crippen molar-refractivity contribution in [2.75, 3.05) is 7.11 Å². The molecule has 0 heterocycles. The number of carboxylic acids is 1. The third-order valence-electron chi connectivity index (χ3n) is 2.68. The number of aliphatic carboxylic acids is 1. The lowest BCUT2D eigenvalue weighted by Gasteiger charge is -2.10. The Hall–Kier alpha value is -2.04. The summed E-state index contributed by atoms with van der Waals surface area (Å²) in [6, 6.07) is 7.43. The van der Waals surface area contributed by atoms with Crippen LogP contribution in [0.2, 0.25) is 0 Å². The van der Waals surface area contributed by atoms with Gasteiger partial charge in [-0.05, 0) is 23.6 Å². The standard InChI is InChI=1S/C14H19NO4/c1-10(7-14(17)18)6-13(16)15-9-11-4-3-5-12(8-11)19-2/h3-5,8,10H,6-7,9H2,1-2H3,(H,15,16)(H,17,18)/t10-/m1/s1. The molecule has 0 aliphatic heterocycles. The third-order valence-corrected chi connectivity index (χ3v) is 2.68. The third kappa shape index (κ3) is 5.90. The minimum absolute atomic E-state index is 0.00653. The molecule has 1 aromatic rings. The Morgan fingerprint density at radius 2 is 2.11 bits per heavy atom. The molecule has 1 aromatic carbocycles. The second-order valence-corrected chi connectivity index (χ2v) is 4.54. The summed E-state index contributed by atoms with van der Waals surface area (Å²) in [5.74, 6) is -0.446. The highest BCUT2D eigenvalue weighted by Gasteiger charge is 2.12.